The van der Waals surface area contributed by atoms with Crippen LogP contribution >= 0.6 is 27.5 Å². The Kier molecular flexibility index (Phi) is 5.32. The molecule has 3 nitrogen and oxygen atoms in total. The van der Waals surface area contributed by atoms with Crippen LogP contribution in [0.25, 0.3) is 0 Å². The highest BCUT2D eigenvalue weighted by Gasteiger charge is 2.34. The smallest absolute Gasteiger partial charge is 0.0850 e. The molecule has 0 N–H and O–H groups in total. The number of hydrogen-bond acceptors (Lipinski definition) is 2. The van der Waals surface area contributed by atoms with Gasteiger partial charge in [-0.05, 0) is 38.0 Å². The average molecular weight is 350 g/mol. The highest BCUT2D eigenvalue weighted by atomic mass is 79.9. The maximum absolute atomic E-state index is 6.52. The number of rotatable bonds is 5. The van der Waals surface area contributed by atoms with Gasteiger partial charge in [0.25, 0.3) is 0 Å². The van der Waals surface area contributed by atoms with E-state index in [-0.39, 0.29) is 5.41 Å². The van der Waals surface area contributed by atoms with Crippen LogP contribution in [0, 0.1) is 5.41 Å². The molecule has 0 spiro atoms. The summed E-state index contributed by atoms with van der Waals surface area (Å²) in [5.74, 6) is 0. The van der Waals surface area contributed by atoms with E-state index < -0.39 is 0 Å². The third-order valence-electron chi connectivity index (χ3n) is 4.07. The van der Waals surface area contributed by atoms with Gasteiger partial charge < -0.3 is 4.74 Å². The molecule has 0 amide bonds. The van der Waals surface area contributed by atoms with E-state index in [2.05, 4.69) is 39.6 Å². The molecule has 0 aliphatic carbocycles. The molecule has 1 aromatic heterocycles. The molecule has 1 aliphatic heterocycles. The first-order chi connectivity index (χ1) is 9.15. The number of nitrogens with zero attached hydrogens (tertiary/aromatic N) is 2. The van der Waals surface area contributed by atoms with Gasteiger partial charge in [0, 0.05) is 25.1 Å². The van der Waals surface area contributed by atoms with Gasteiger partial charge in [-0.15, -0.1) is 0 Å². The summed E-state index contributed by atoms with van der Waals surface area (Å²) in [7, 11) is 0. The van der Waals surface area contributed by atoms with Crippen LogP contribution in [0.5, 0.6) is 0 Å². The fourth-order valence-electron chi connectivity index (χ4n) is 2.70. The maximum atomic E-state index is 6.52. The van der Waals surface area contributed by atoms with E-state index in [1.54, 1.807) is 0 Å². The Morgan fingerprint density at radius 1 is 1.37 bits per heavy atom. The minimum atomic E-state index is 0.264. The summed E-state index contributed by atoms with van der Waals surface area (Å²) >= 11 is 10.2. The van der Waals surface area contributed by atoms with Crippen LogP contribution < -0.4 is 0 Å². The number of ether oxygens (including phenoxy) is 1. The molecule has 2 rings (SSSR count). The van der Waals surface area contributed by atoms with E-state index in [4.69, 9.17) is 16.3 Å². The second-order valence-electron chi connectivity index (χ2n) is 5.30. The lowest BCUT2D eigenvalue weighted by molar-refractivity contribution is 0.0261. The van der Waals surface area contributed by atoms with Crippen LogP contribution in [0.1, 0.15) is 38.1 Å². The Morgan fingerprint density at radius 3 is 2.58 bits per heavy atom. The Hall–Kier alpha value is -0.0600. The molecule has 1 aliphatic rings. The third kappa shape index (κ3) is 3.17. The normalized spacial score (nSPS) is 18.7. The zero-order valence-corrected chi connectivity index (χ0v) is 14.1. The first-order valence-corrected chi connectivity index (χ1v) is 8.53. The summed E-state index contributed by atoms with van der Waals surface area (Å²) in [5.41, 5.74) is 2.48. The summed E-state index contributed by atoms with van der Waals surface area (Å²) in [6.45, 7) is 6.81. The fraction of sp³-hybridized carbons (Fsp3) is 0.786. The molecular weight excluding hydrogens is 328 g/mol. The molecule has 0 radical (unpaired) electrons. The maximum Gasteiger partial charge on any atom is 0.0850 e. The van der Waals surface area contributed by atoms with E-state index in [1.165, 1.54) is 5.69 Å². The van der Waals surface area contributed by atoms with Gasteiger partial charge in [0.05, 0.1) is 16.4 Å². The van der Waals surface area contributed by atoms with Crippen LogP contribution in [0.3, 0.4) is 0 Å². The monoisotopic (exact) mass is 348 g/mol. The van der Waals surface area contributed by atoms with Gasteiger partial charge in [-0.3, -0.25) is 4.68 Å². The minimum absolute atomic E-state index is 0.264. The molecule has 0 unspecified atom stereocenters. The summed E-state index contributed by atoms with van der Waals surface area (Å²) < 4.78 is 7.57. The van der Waals surface area contributed by atoms with Crippen molar-refractivity contribution in [2.24, 2.45) is 5.41 Å². The summed E-state index contributed by atoms with van der Waals surface area (Å²) in [6.07, 6.45) is 4.06. The zero-order valence-electron chi connectivity index (χ0n) is 11.7. The van der Waals surface area contributed by atoms with Crippen molar-refractivity contribution in [1.82, 2.24) is 9.78 Å². The molecule has 0 aromatic carbocycles. The van der Waals surface area contributed by atoms with Gasteiger partial charge in [-0.1, -0.05) is 34.5 Å². The molecule has 0 saturated carbocycles. The minimum Gasteiger partial charge on any atom is -0.381 e. The van der Waals surface area contributed by atoms with Crippen molar-refractivity contribution in [3.8, 4) is 0 Å². The first-order valence-electron chi connectivity index (χ1n) is 7.03. The molecular formula is C14H22BrClN2O. The highest BCUT2D eigenvalue weighted by Crippen LogP contribution is 2.38. The van der Waals surface area contributed by atoms with Crippen molar-refractivity contribution >= 4 is 27.5 Å². The van der Waals surface area contributed by atoms with Crippen molar-refractivity contribution in [1.29, 1.82) is 0 Å². The molecule has 1 aromatic rings. The summed E-state index contributed by atoms with van der Waals surface area (Å²) in [6, 6.07) is 0. The Balaban J connectivity index is 2.28. The van der Waals surface area contributed by atoms with Crippen LogP contribution in [-0.4, -0.2) is 28.3 Å². The van der Waals surface area contributed by atoms with Crippen LogP contribution in [0.15, 0.2) is 0 Å². The fourth-order valence-corrected chi connectivity index (χ4v) is 3.80. The first kappa shape index (κ1) is 15.3. The lowest BCUT2D eigenvalue weighted by atomic mass is 9.78. The van der Waals surface area contributed by atoms with Crippen molar-refractivity contribution in [3.63, 3.8) is 0 Å². The molecule has 1 fully saturated rings. The van der Waals surface area contributed by atoms with Crippen LogP contribution in [0.4, 0.5) is 0 Å². The van der Waals surface area contributed by atoms with Crippen LogP contribution in [0.2, 0.25) is 5.02 Å². The van der Waals surface area contributed by atoms with E-state index >= 15 is 0 Å². The second-order valence-corrected chi connectivity index (χ2v) is 6.24. The van der Waals surface area contributed by atoms with Gasteiger partial charge in [0.15, 0.2) is 0 Å². The third-order valence-corrected chi connectivity index (χ3v) is 5.70. The van der Waals surface area contributed by atoms with Crippen molar-refractivity contribution < 1.29 is 4.74 Å². The zero-order chi connectivity index (χ0) is 13.9. The van der Waals surface area contributed by atoms with Gasteiger partial charge >= 0.3 is 0 Å². The number of alkyl halides is 1. The van der Waals surface area contributed by atoms with Gasteiger partial charge in [-0.25, -0.2) is 0 Å². The summed E-state index contributed by atoms with van der Waals surface area (Å²) in [4.78, 5) is 0. The van der Waals surface area contributed by atoms with Gasteiger partial charge in [0.1, 0.15) is 0 Å². The Bertz CT molecular complexity index is 427. The van der Waals surface area contributed by atoms with E-state index in [0.717, 1.165) is 61.5 Å². The van der Waals surface area contributed by atoms with Crippen molar-refractivity contribution in [2.45, 2.75) is 46.1 Å². The summed E-state index contributed by atoms with van der Waals surface area (Å²) in [5, 5.41) is 6.48. The Morgan fingerprint density at radius 2 is 2.05 bits per heavy atom. The SMILES string of the molecule is CCc1nn(CC)c(CC2(CBr)CCOCC2)c1Cl. The van der Waals surface area contributed by atoms with Crippen molar-refractivity contribution in [2.75, 3.05) is 18.5 Å². The highest BCUT2D eigenvalue weighted by molar-refractivity contribution is 9.09. The predicted octanol–water partition coefficient (Wildman–Crippen LogP) is 3.85. The second kappa shape index (κ2) is 6.59. The van der Waals surface area contributed by atoms with Gasteiger partial charge in [-0.2, -0.15) is 5.10 Å². The van der Waals surface area contributed by atoms with E-state index in [1.807, 2.05) is 0 Å². The molecule has 2 heterocycles. The van der Waals surface area contributed by atoms with E-state index in [0.29, 0.717) is 0 Å². The lowest BCUT2D eigenvalue weighted by Gasteiger charge is -2.35. The van der Waals surface area contributed by atoms with Gasteiger partial charge in [0.2, 0.25) is 0 Å². The molecule has 0 atom stereocenters. The predicted molar refractivity (Wildman–Crippen MR) is 82.3 cm³/mol. The molecule has 0 bridgehead atoms. The number of aryl methyl sites for hydroxylation is 2. The largest absolute Gasteiger partial charge is 0.381 e. The number of aromatic nitrogens is 2. The molecule has 19 heavy (non-hydrogen) atoms. The molecule has 5 heteroatoms. The topological polar surface area (TPSA) is 27.1 Å². The number of halogens is 2. The van der Waals surface area contributed by atoms with E-state index in [9.17, 15) is 0 Å². The molecule has 108 valence electrons. The standard InChI is InChI=1S/C14H22BrClN2O/c1-3-11-13(16)12(18(4-2)17-11)9-14(10-15)5-7-19-8-6-14/h3-10H2,1-2H3. The average Bonchev–Trinajstić information content (AvgIpc) is 2.76. The quantitative estimate of drug-likeness (QED) is 0.755. The Labute approximate surface area is 128 Å². The van der Waals surface area contributed by atoms with Crippen LogP contribution in [-0.2, 0) is 24.1 Å². The van der Waals surface area contributed by atoms with Crippen molar-refractivity contribution in [3.05, 3.63) is 16.4 Å². The molecule has 1 saturated heterocycles. The lowest BCUT2D eigenvalue weighted by Crippen LogP contribution is -2.34. The number of hydrogen-bond donors (Lipinski definition) is 0.